The zero-order valence-corrected chi connectivity index (χ0v) is 8.82. The summed E-state index contributed by atoms with van der Waals surface area (Å²) in [6.45, 7) is 0. The molecule has 2 rings (SSSR count). The third-order valence-corrected chi connectivity index (χ3v) is 2.29. The van der Waals surface area contributed by atoms with Crippen molar-refractivity contribution < 1.29 is 18.0 Å². The first kappa shape index (κ1) is 12.0. The summed E-state index contributed by atoms with van der Waals surface area (Å²) in [4.78, 5) is 10.9. The summed E-state index contributed by atoms with van der Waals surface area (Å²) in [7, 11) is 0. The van der Waals surface area contributed by atoms with Gasteiger partial charge in [-0.25, -0.2) is 17.9 Å². The number of carbonyl (C=O) groups is 1. The standard InChI is InChI=1S/C10H7F3N4O/c11-5-1-7(13)8(2-6(5)12)17-9(14)4(3-16-17)10(15)18/h1-3H,14H2,(H2,15,18). The van der Waals surface area contributed by atoms with Crippen LogP contribution in [-0.4, -0.2) is 15.7 Å². The van der Waals surface area contributed by atoms with Crippen molar-refractivity contribution in [2.45, 2.75) is 0 Å². The fourth-order valence-corrected chi connectivity index (χ4v) is 1.41. The molecule has 2 aromatic rings. The molecule has 0 saturated heterocycles. The molecule has 1 aromatic heterocycles. The zero-order valence-electron chi connectivity index (χ0n) is 8.82. The molecule has 18 heavy (non-hydrogen) atoms. The Bertz CT molecular complexity index is 638. The van der Waals surface area contributed by atoms with Crippen LogP contribution in [0.15, 0.2) is 18.3 Å². The highest BCUT2D eigenvalue weighted by Crippen LogP contribution is 2.21. The Morgan fingerprint density at radius 3 is 2.33 bits per heavy atom. The van der Waals surface area contributed by atoms with E-state index >= 15 is 0 Å². The third kappa shape index (κ3) is 1.77. The van der Waals surface area contributed by atoms with E-state index in [0.717, 1.165) is 10.9 Å². The summed E-state index contributed by atoms with van der Waals surface area (Å²) in [5, 5.41) is 3.60. The second-order valence-corrected chi connectivity index (χ2v) is 3.44. The normalized spacial score (nSPS) is 10.6. The molecule has 0 aliphatic rings. The van der Waals surface area contributed by atoms with Gasteiger partial charge in [0.1, 0.15) is 17.1 Å². The molecule has 0 unspecified atom stereocenters. The summed E-state index contributed by atoms with van der Waals surface area (Å²) in [5.41, 5.74) is 9.95. The van der Waals surface area contributed by atoms with Crippen LogP contribution in [0.3, 0.4) is 0 Å². The molecule has 5 nitrogen and oxygen atoms in total. The van der Waals surface area contributed by atoms with Gasteiger partial charge >= 0.3 is 0 Å². The van der Waals surface area contributed by atoms with Crippen molar-refractivity contribution in [3.8, 4) is 5.69 Å². The van der Waals surface area contributed by atoms with Crippen LogP contribution in [0, 0.1) is 17.5 Å². The van der Waals surface area contributed by atoms with Crippen molar-refractivity contribution in [2.24, 2.45) is 5.73 Å². The van der Waals surface area contributed by atoms with Crippen LogP contribution in [-0.2, 0) is 0 Å². The Balaban J connectivity index is 2.63. The minimum atomic E-state index is -1.34. The van der Waals surface area contributed by atoms with Crippen LogP contribution in [0.5, 0.6) is 0 Å². The number of benzene rings is 1. The first-order valence-electron chi connectivity index (χ1n) is 4.70. The van der Waals surface area contributed by atoms with Gasteiger partial charge < -0.3 is 11.5 Å². The first-order chi connectivity index (χ1) is 8.41. The second-order valence-electron chi connectivity index (χ2n) is 3.44. The summed E-state index contributed by atoms with van der Waals surface area (Å²) in [5.74, 6) is -4.78. The Labute approximate surface area is 98.8 Å². The van der Waals surface area contributed by atoms with Gasteiger partial charge in [-0.3, -0.25) is 4.79 Å². The molecule has 4 N–H and O–H groups in total. The number of primary amides is 1. The van der Waals surface area contributed by atoms with Crippen molar-refractivity contribution in [3.63, 3.8) is 0 Å². The van der Waals surface area contributed by atoms with Gasteiger partial charge in [0, 0.05) is 12.1 Å². The van der Waals surface area contributed by atoms with Crippen LogP contribution in [0.1, 0.15) is 10.4 Å². The number of hydrogen-bond donors (Lipinski definition) is 2. The van der Waals surface area contributed by atoms with Gasteiger partial charge in [-0.1, -0.05) is 0 Å². The highest BCUT2D eigenvalue weighted by molar-refractivity contribution is 5.97. The van der Waals surface area contributed by atoms with Gasteiger partial charge in [-0.15, -0.1) is 0 Å². The van der Waals surface area contributed by atoms with Gasteiger partial charge in [-0.2, -0.15) is 5.10 Å². The number of amides is 1. The minimum Gasteiger partial charge on any atom is -0.383 e. The van der Waals surface area contributed by atoms with Crippen molar-refractivity contribution >= 4 is 11.7 Å². The maximum Gasteiger partial charge on any atom is 0.254 e. The van der Waals surface area contributed by atoms with E-state index in [-0.39, 0.29) is 11.4 Å². The number of aromatic nitrogens is 2. The lowest BCUT2D eigenvalue weighted by molar-refractivity contribution is 0.100. The maximum absolute atomic E-state index is 13.5. The predicted octanol–water partition coefficient (Wildman–Crippen LogP) is 0.971. The molecule has 1 aromatic carbocycles. The molecule has 0 atom stereocenters. The molecule has 0 fully saturated rings. The lowest BCUT2D eigenvalue weighted by Crippen LogP contribution is -2.13. The molecular formula is C10H7F3N4O. The predicted molar refractivity (Wildman–Crippen MR) is 56.4 cm³/mol. The molecule has 8 heteroatoms. The molecule has 0 aliphatic carbocycles. The average molecular weight is 256 g/mol. The van der Waals surface area contributed by atoms with E-state index in [0.29, 0.717) is 12.1 Å². The Kier molecular flexibility index (Phi) is 2.70. The smallest absolute Gasteiger partial charge is 0.254 e. The van der Waals surface area contributed by atoms with Gasteiger partial charge in [0.2, 0.25) is 0 Å². The molecule has 1 heterocycles. The molecule has 1 amide bonds. The number of nitrogen functional groups attached to an aromatic ring is 1. The highest BCUT2D eigenvalue weighted by Gasteiger charge is 2.18. The zero-order chi connectivity index (χ0) is 13.4. The van der Waals surface area contributed by atoms with Crippen molar-refractivity contribution in [1.29, 1.82) is 0 Å². The molecule has 0 aliphatic heterocycles. The number of halogens is 3. The van der Waals surface area contributed by atoms with E-state index < -0.39 is 29.0 Å². The number of rotatable bonds is 2. The van der Waals surface area contributed by atoms with E-state index in [4.69, 9.17) is 11.5 Å². The second kappa shape index (κ2) is 4.06. The average Bonchev–Trinajstić information content (AvgIpc) is 2.66. The summed E-state index contributed by atoms with van der Waals surface area (Å²) < 4.78 is 40.0. The molecule has 0 spiro atoms. The summed E-state index contributed by atoms with van der Waals surface area (Å²) in [6.07, 6.45) is 1.01. The van der Waals surface area contributed by atoms with E-state index in [1.807, 2.05) is 0 Å². The van der Waals surface area contributed by atoms with E-state index in [2.05, 4.69) is 5.10 Å². The monoisotopic (exact) mass is 256 g/mol. The van der Waals surface area contributed by atoms with Crippen LogP contribution < -0.4 is 11.5 Å². The molecule has 0 bridgehead atoms. The van der Waals surface area contributed by atoms with Crippen molar-refractivity contribution in [1.82, 2.24) is 9.78 Å². The number of carbonyl (C=O) groups excluding carboxylic acids is 1. The van der Waals surface area contributed by atoms with Crippen molar-refractivity contribution in [2.75, 3.05) is 5.73 Å². The van der Waals surface area contributed by atoms with Gasteiger partial charge in [0.05, 0.1) is 6.20 Å². The van der Waals surface area contributed by atoms with Crippen LogP contribution in [0.4, 0.5) is 19.0 Å². The molecule has 0 saturated carbocycles. The fraction of sp³-hybridized carbons (Fsp3) is 0. The molecular weight excluding hydrogens is 249 g/mol. The highest BCUT2D eigenvalue weighted by atomic mass is 19.2. The van der Waals surface area contributed by atoms with Gasteiger partial charge in [0.25, 0.3) is 5.91 Å². The topological polar surface area (TPSA) is 86.9 Å². The molecule has 0 radical (unpaired) electrons. The Morgan fingerprint density at radius 2 is 1.78 bits per heavy atom. The molecule has 94 valence electrons. The van der Waals surface area contributed by atoms with E-state index in [1.54, 1.807) is 0 Å². The lowest BCUT2D eigenvalue weighted by Gasteiger charge is -2.06. The number of nitrogens with zero attached hydrogens (tertiary/aromatic N) is 2. The lowest BCUT2D eigenvalue weighted by atomic mass is 10.2. The summed E-state index contributed by atoms with van der Waals surface area (Å²) >= 11 is 0. The van der Waals surface area contributed by atoms with E-state index in [9.17, 15) is 18.0 Å². The minimum absolute atomic E-state index is 0.140. The Morgan fingerprint density at radius 1 is 1.17 bits per heavy atom. The van der Waals surface area contributed by atoms with Crippen molar-refractivity contribution in [3.05, 3.63) is 41.3 Å². The maximum atomic E-state index is 13.5. The first-order valence-corrected chi connectivity index (χ1v) is 4.70. The largest absolute Gasteiger partial charge is 0.383 e. The Hall–Kier alpha value is -2.51. The number of anilines is 1. The summed E-state index contributed by atoms with van der Waals surface area (Å²) in [6, 6.07) is 0.939. The van der Waals surface area contributed by atoms with E-state index in [1.165, 1.54) is 0 Å². The van der Waals surface area contributed by atoms with Crippen LogP contribution in [0.2, 0.25) is 0 Å². The quantitative estimate of drug-likeness (QED) is 0.785. The number of nitrogens with two attached hydrogens (primary N) is 2. The number of hydrogen-bond acceptors (Lipinski definition) is 3. The fourth-order valence-electron chi connectivity index (χ4n) is 1.41. The van der Waals surface area contributed by atoms with Gasteiger partial charge in [0.15, 0.2) is 17.5 Å². The third-order valence-electron chi connectivity index (χ3n) is 2.29. The van der Waals surface area contributed by atoms with Crippen LogP contribution in [0.25, 0.3) is 5.69 Å². The van der Waals surface area contributed by atoms with Crippen LogP contribution >= 0.6 is 0 Å². The SMILES string of the molecule is NC(=O)c1cnn(-c2cc(F)c(F)cc2F)c1N. The van der Waals surface area contributed by atoms with Gasteiger partial charge in [-0.05, 0) is 0 Å².